The van der Waals surface area contributed by atoms with Crippen molar-refractivity contribution in [3.8, 4) is 0 Å². The third-order valence-electron chi connectivity index (χ3n) is 6.65. The van der Waals surface area contributed by atoms with Crippen molar-refractivity contribution in [2.24, 2.45) is 5.92 Å². The number of carboxylic acids is 1. The molecule has 9 nitrogen and oxygen atoms in total. The molecule has 0 unspecified atom stereocenters. The second kappa shape index (κ2) is 11.8. The topological polar surface area (TPSA) is 102 Å². The molecule has 2 atom stereocenters. The van der Waals surface area contributed by atoms with Crippen LogP contribution in [0.3, 0.4) is 0 Å². The van der Waals surface area contributed by atoms with Gasteiger partial charge in [-0.25, -0.2) is 4.98 Å². The number of aromatic nitrogens is 2. The minimum atomic E-state index is -0.813. The maximum absolute atomic E-state index is 13.0. The Morgan fingerprint density at radius 3 is 2.58 bits per heavy atom. The molecule has 36 heavy (non-hydrogen) atoms. The molecule has 2 aliphatic heterocycles. The van der Waals surface area contributed by atoms with Crippen LogP contribution >= 0.6 is 34.8 Å². The molecule has 4 rings (SSSR count). The lowest BCUT2D eigenvalue weighted by Crippen LogP contribution is -2.51. The highest BCUT2D eigenvalue weighted by Crippen LogP contribution is 2.31. The van der Waals surface area contributed by atoms with Gasteiger partial charge in [-0.05, 0) is 37.6 Å². The fourth-order valence-electron chi connectivity index (χ4n) is 4.62. The lowest BCUT2D eigenvalue weighted by atomic mass is 10.1. The van der Waals surface area contributed by atoms with E-state index in [1.54, 1.807) is 18.3 Å². The van der Waals surface area contributed by atoms with Crippen LogP contribution in [0.5, 0.6) is 0 Å². The molecular formula is C24H29Cl3N6O3. The smallest absolute Gasteiger partial charge is 0.304 e. The molecule has 1 aromatic heterocycles. The summed E-state index contributed by atoms with van der Waals surface area (Å²) in [7, 11) is 0. The van der Waals surface area contributed by atoms with Crippen molar-refractivity contribution in [1.82, 2.24) is 19.8 Å². The van der Waals surface area contributed by atoms with Gasteiger partial charge in [-0.15, -0.1) is 0 Å². The monoisotopic (exact) mass is 554 g/mol. The molecule has 12 heteroatoms. The van der Waals surface area contributed by atoms with Crippen LogP contribution in [0.1, 0.15) is 31.4 Å². The lowest BCUT2D eigenvalue weighted by molar-refractivity contribution is -0.137. The first-order valence-corrected chi connectivity index (χ1v) is 13.1. The maximum Gasteiger partial charge on any atom is 0.304 e. The highest BCUT2D eigenvalue weighted by molar-refractivity contribution is 6.35. The number of aliphatic carboxylic acids is 1. The summed E-state index contributed by atoms with van der Waals surface area (Å²) in [5.41, 5.74) is 0.873. The fourth-order valence-corrected chi connectivity index (χ4v) is 5.34. The molecule has 2 aliphatic rings. The van der Waals surface area contributed by atoms with Crippen LogP contribution in [0.2, 0.25) is 15.1 Å². The molecule has 194 valence electrons. The van der Waals surface area contributed by atoms with Crippen molar-refractivity contribution >= 4 is 58.4 Å². The van der Waals surface area contributed by atoms with Gasteiger partial charge in [0, 0.05) is 49.3 Å². The van der Waals surface area contributed by atoms with Crippen LogP contribution in [0, 0.1) is 5.92 Å². The minimum Gasteiger partial charge on any atom is -0.481 e. The van der Waals surface area contributed by atoms with E-state index < -0.39 is 5.97 Å². The molecule has 1 aromatic carbocycles. The third-order valence-corrected chi connectivity index (χ3v) is 7.49. The van der Waals surface area contributed by atoms with Gasteiger partial charge in [-0.1, -0.05) is 40.9 Å². The number of anilines is 2. The molecule has 2 fully saturated rings. The van der Waals surface area contributed by atoms with E-state index in [0.29, 0.717) is 66.1 Å². The Bertz CT molecular complexity index is 1110. The van der Waals surface area contributed by atoms with E-state index in [4.69, 9.17) is 39.9 Å². The van der Waals surface area contributed by atoms with Crippen molar-refractivity contribution in [1.29, 1.82) is 0 Å². The number of nitrogens with one attached hydrogen (secondary N) is 1. The van der Waals surface area contributed by atoms with E-state index in [-0.39, 0.29) is 24.3 Å². The first kappa shape index (κ1) is 26.7. The lowest BCUT2D eigenvalue weighted by Gasteiger charge is -2.36. The summed E-state index contributed by atoms with van der Waals surface area (Å²) < 4.78 is 0. The van der Waals surface area contributed by atoms with Crippen molar-refractivity contribution in [2.75, 3.05) is 56.0 Å². The first-order valence-electron chi connectivity index (χ1n) is 11.9. The van der Waals surface area contributed by atoms with Gasteiger partial charge in [0.25, 0.3) is 0 Å². The van der Waals surface area contributed by atoms with E-state index in [9.17, 15) is 9.59 Å². The standard InChI is InChI=1S/C24H29Cl3N6O3/c1-15(18-3-2-17(25)12-19(18)26)29-22-20(27)13-28-24(30-22)33-10-8-32(9-11-33)23(36)16-4-6-31(14-16)7-5-21(34)35/h2-3,12-13,15-16H,4-11,14H2,1H3,(H,34,35)(H,28,29,30)/t15-,16+/m1/s1. The molecule has 2 N–H and O–H groups in total. The number of rotatable bonds is 8. The van der Waals surface area contributed by atoms with E-state index in [1.165, 1.54) is 0 Å². The first-order chi connectivity index (χ1) is 17.2. The molecule has 0 bridgehead atoms. The van der Waals surface area contributed by atoms with Gasteiger partial charge in [0.15, 0.2) is 5.82 Å². The Balaban J connectivity index is 1.33. The van der Waals surface area contributed by atoms with Gasteiger partial charge in [0.1, 0.15) is 5.02 Å². The average molecular weight is 556 g/mol. The number of likely N-dealkylation sites (tertiary alicyclic amines) is 1. The zero-order valence-electron chi connectivity index (χ0n) is 20.0. The molecule has 1 amide bonds. The summed E-state index contributed by atoms with van der Waals surface area (Å²) in [6, 6.07) is 5.19. The molecule has 2 aromatic rings. The van der Waals surface area contributed by atoms with E-state index >= 15 is 0 Å². The van der Waals surface area contributed by atoms with Gasteiger partial charge in [-0.3, -0.25) is 9.59 Å². The Labute approximate surface area is 225 Å². The summed E-state index contributed by atoms with van der Waals surface area (Å²) in [4.78, 5) is 38.9. The predicted octanol–water partition coefficient (Wildman–Crippen LogP) is 4.06. The molecule has 0 spiro atoms. The van der Waals surface area contributed by atoms with Crippen LogP contribution in [0.4, 0.5) is 11.8 Å². The number of carboxylic acid groups (broad SMARTS) is 1. The van der Waals surface area contributed by atoms with E-state index in [1.807, 2.05) is 22.8 Å². The number of halogens is 3. The number of hydrogen-bond acceptors (Lipinski definition) is 7. The molecule has 3 heterocycles. The molecule has 0 saturated carbocycles. The van der Waals surface area contributed by atoms with E-state index in [2.05, 4.69) is 20.2 Å². The molecule has 0 aliphatic carbocycles. The number of hydrogen-bond donors (Lipinski definition) is 2. The fraction of sp³-hybridized carbons (Fsp3) is 0.500. The Morgan fingerprint density at radius 1 is 1.14 bits per heavy atom. The van der Waals surface area contributed by atoms with Gasteiger partial charge in [-0.2, -0.15) is 4.98 Å². The highest BCUT2D eigenvalue weighted by Gasteiger charge is 2.33. The molecule has 0 radical (unpaired) electrons. The minimum absolute atomic E-state index is 0.0749. The summed E-state index contributed by atoms with van der Waals surface area (Å²) in [5, 5.41) is 13.7. The number of carbonyl (C=O) groups excluding carboxylic acids is 1. The molecular weight excluding hydrogens is 527 g/mol. The van der Waals surface area contributed by atoms with Crippen LogP contribution < -0.4 is 10.2 Å². The third kappa shape index (κ3) is 6.51. The van der Waals surface area contributed by atoms with E-state index in [0.717, 1.165) is 18.5 Å². The summed E-state index contributed by atoms with van der Waals surface area (Å²) >= 11 is 18.7. The summed E-state index contributed by atoms with van der Waals surface area (Å²) in [5.74, 6) is 0.303. The van der Waals surface area contributed by atoms with Gasteiger partial charge in [0.2, 0.25) is 11.9 Å². The maximum atomic E-state index is 13.0. The van der Waals surface area contributed by atoms with Crippen LogP contribution in [0.25, 0.3) is 0 Å². The van der Waals surface area contributed by atoms with Crippen molar-refractivity contribution < 1.29 is 14.7 Å². The number of nitrogens with zero attached hydrogens (tertiary/aromatic N) is 5. The quantitative estimate of drug-likeness (QED) is 0.503. The van der Waals surface area contributed by atoms with Gasteiger partial charge < -0.3 is 25.1 Å². The largest absolute Gasteiger partial charge is 0.481 e. The van der Waals surface area contributed by atoms with Gasteiger partial charge in [0.05, 0.1) is 24.6 Å². The number of piperazine rings is 1. The van der Waals surface area contributed by atoms with Crippen molar-refractivity contribution in [3.63, 3.8) is 0 Å². The summed E-state index contributed by atoms with van der Waals surface area (Å²) in [6.07, 6.45) is 2.44. The van der Waals surface area contributed by atoms with Crippen LogP contribution in [-0.4, -0.2) is 82.6 Å². The second-order valence-electron chi connectivity index (χ2n) is 9.14. The zero-order valence-corrected chi connectivity index (χ0v) is 22.2. The average Bonchev–Trinajstić information content (AvgIpc) is 3.33. The number of amides is 1. The number of benzene rings is 1. The highest BCUT2D eigenvalue weighted by atomic mass is 35.5. The predicted molar refractivity (Wildman–Crippen MR) is 141 cm³/mol. The van der Waals surface area contributed by atoms with Crippen LogP contribution in [-0.2, 0) is 9.59 Å². The number of carbonyl (C=O) groups is 2. The van der Waals surface area contributed by atoms with Crippen molar-refractivity contribution in [2.45, 2.75) is 25.8 Å². The Kier molecular flexibility index (Phi) is 8.77. The van der Waals surface area contributed by atoms with Crippen LogP contribution in [0.15, 0.2) is 24.4 Å². The van der Waals surface area contributed by atoms with Gasteiger partial charge >= 0.3 is 5.97 Å². The Hall–Kier alpha value is -2.33. The zero-order chi connectivity index (χ0) is 25.8. The Morgan fingerprint density at radius 2 is 1.89 bits per heavy atom. The molecule has 2 saturated heterocycles. The SMILES string of the molecule is C[C@@H](Nc1nc(N2CCN(C(=O)[C@H]3CCN(CCC(=O)O)C3)CC2)ncc1Cl)c1ccc(Cl)cc1Cl. The van der Waals surface area contributed by atoms with Crippen molar-refractivity contribution in [3.05, 3.63) is 45.0 Å². The normalized spacial score (nSPS) is 19.4. The second-order valence-corrected chi connectivity index (χ2v) is 10.4. The summed E-state index contributed by atoms with van der Waals surface area (Å²) in [6.45, 7) is 6.21.